The van der Waals surface area contributed by atoms with E-state index in [1.807, 2.05) is 61.7 Å². The Labute approximate surface area is 361 Å². The number of aromatic hydroxyl groups is 1. The van der Waals surface area contributed by atoms with E-state index in [0.29, 0.717) is 44.1 Å². The molecule has 0 aliphatic carbocycles. The predicted molar refractivity (Wildman–Crippen MR) is 247 cm³/mol. The number of rotatable bonds is 17. The van der Waals surface area contributed by atoms with Crippen molar-refractivity contribution in [2.75, 3.05) is 18.1 Å². The van der Waals surface area contributed by atoms with Gasteiger partial charge in [0.15, 0.2) is 0 Å². The van der Waals surface area contributed by atoms with Crippen molar-refractivity contribution in [2.45, 2.75) is 84.6 Å². The number of ether oxygens (including phenoxy) is 2. The van der Waals surface area contributed by atoms with E-state index < -0.39 is 0 Å². The van der Waals surface area contributed by atoms with Gasteiger partial charge in [0.05, 0.1) is 12.3 Å². The van der Waals surface area contributed by atoms with E-state index in [0.717, 1.165) is 69.1 Å². The summed E-state index contributed by atoms with van der Waals surface area (Å²) in [5.41, 5.74) is 11.0. The Morgan fingerprint density at radius 1 is 0.767 bits per heavy atom. The molecule has 1 fully saturated rings. The van der Waals surface area contributed by atoms with Gasteiger partial charge >= 0.3 is 5.97 Å². The fourth-order valence-electron chi connectivity index (χ4n) is 8.25. The highest BCUT2D eigenvalue weighted by molar-refractivity contribution is 7.80. The van der Waals surface area contributed by atoms with E-state index in [1.54, 1.807) is 12.1 Å². The molecule has 5 aromatic carbocycles. The van der Waals surface area contributed by atoms with Crippen LogP contribution in [0.3, 0.4) is 0 Å². The van der Waals surface area contributed by atoms with Crippen molar-refractivity contribution in [1.82, 2.24) is 4.98 Å². The van der Waals surface area contributed by atoms with E-state index in [9.17, 15) is 9.90 Å². The van der Waals surface area contributed by atoms with Gasteiger partial charge in [0.25, 0.3) is 0 Å². The van der Waals surface area contributed by atoms with Gasteiger partial charge in [-0.1, -0.05) is 85.0 Å². The molecule has 1 unspecified atom stereocenters. The monoisotopic (exact) mass is 815 g/mol. The second kappa shape index (κ2) is 20.5. The summed E-state index contributed by atoms with van der Waals surface area (Å²) in [4.78, 5) is 20.8. The highest BCUT2D eigenvalue weighted by Crippen LogP contribution is 2.38. The Morgan fingerprint density at radius 3 is 2.05 bits per heavy atom. The Morgan fingerprint density at radius 2 is 1.42 bits per heavy atom. The van der Waals surface area contributed by atoms with E-state index in [2.05, 4.69) is 83.5 Å². The molecule has 1 N–H and O–H groups in total. The average Bonchev–Trinajstić information content (AvgIpc) is 3.25. The largest absolute Gasteiger partial charge is 0.508 e. The summed E-state index contributed by atoms with van der Waals surface area (Å²) in [6.07, 6.45) is 9.85. The third kappa shape index (κ3) is 11.5. The molecule has 1 aliphatic rings. The van der Waals surface area contributed by atoms with Crippen LogP contribution in [-0.2, 0) is 30.5 Å². The first kappa shape index (κ1) is 42.3. The van der Waals surface area contributed by atoms with Gasteiger partial charge in [-0.05, 0) is 158 Å². The number of esters is 1. The number of pyridine rings is 1. The minimum absolute atomic E-state index is 0.239. The summed E-state index contributed by atoms with van der Waals surface area (Å²) in [6.45, 7) is 7.44. The summed E-state index contributed by atoms with van der Waals surface area (Å²) in [5, 5.41) is 10.2. The van der Waals surface area contributed by atoms with Gasteiger partial charge in [-0.2, -0.15) is 0 Å². The minimum atomic E-state index is -0.355. The number of aromatic nitrogens is 1. The molecule has 1 radical (unpaired) electrons. The van der Waals surface area contributed by atoms with Crippen LogP contribution in [0.4, 0.5) is 5.69 Å². The van der Waals surface area contributed by atoms with Crippen molar-refractivity contribution in [3.8, 4) is 28.5 Å². The van der Waals surface area contributed by atoms with Crippen molar-refractivity contribution >= 4 is 28.7 Å². The summed E-state index contributed by atoms with van der Waals surface area (Å²) in [5.74, 6) is 2.50. The molecule has 6 nitrogen and oxygen atoms in total. The normalized spacial score (nSPS) is 13.9. The zero-order valence-electron chi connectivity index (χ0n) is 35.0. The number of anilines is 1. The first-order valence-corrected chi connectivity index (χ1v) is 21.6. The number of phenolic OH excluding ortho intramolecular Hbond substituents is 1. The van der Waals surface area contributed by atoms with Crippen molar-refractivity contribution in [3.63, 3.8) is 0 Å². The van der Waals surface area contributed by atoms with Crippen LogP contribution in [0.2, 0.25) is 0 Å². The maximum atomic E-state index is 12.7. The molecule has 60 heavy (non-hydrogen) atoms. The first-order valence-electron chi connectivity index (χ1n) is 21.2. The molecule has 2 heterocycles. The highest BCUT2D eigenvalue weighted by Gasteiger charge is 2.25. The van der Waals surface area contributed by atoms with Gasteiger partial charge in [-0.25, -0.2) is 0 Å². The highest BCUT2D eigenvalue weighted by atomic mass is 32.1. The zero-order chi connectivity index (χ0) is 41.8. The fourth-order valence-corrected chi connectivity index (χ4v) is 8.39. The van der Waals surface area contributed by atoms with Gasteiger partial charge in [-0.3, -0.25) is 9.78 Å². The third-order valence-corrected chi connectivity index (χ3v) is 11.6. The summed E-state index contributed by atoms with van der Waals surface area (Å²) in [7, 11) is 0. The number of carbonyl (C=O) groups excluding carboxylic acids is 1. The van der Waals surface area contributed by atoms with Crippen LogP contribution >= 0.6 is 12.2 Å². The third-order valence-electron chi connectivity index (χ3n) is 11.4. The van der Waals surface area contributed by atoms with Crippen molar-refractivity contribution in [3.05, 3.63) is 178 Å². The standard InChI is InChI=1S/C53H55N2O4S/c1-37-9-5-7-31-55(37)46-22-14-42(15-23-46)35-50-49(28-29-53(59-39(3)56)51(50)36-43-18-26-48(27-19-43)58-32-8-10-38(2)60)45(34-41-16-24-47(57)25-17-41)33-40-12-20-44(21-13-40)52-11-4-6-30-54-52/h4,6,11-30,37,57H,5,7-10,31-36H2,1-3H3. The molecule has 0 saturated carbocycles. The number of thiocarbonyl (C=S) groups is 1. The molecule has 0 spiro atoms. The molecule has 0 bridgehead atoms. The predicted octanol–water partition coefficient (Wildman–Crippen LogP) is 11.9. The van der Waals surface area contributed by atoms with Crippen LogP contribution in [0.15, 0.2) is 134 Å². The van der Waals surface area contributed by atoms with Crippen LogP contribution in [0.25, 0.3) is 11.3 Å². The molecular formula is C53H55N2O4S. The smallest absolute Gasteiger partial charge is 0.308 e. The lowest BCUT2D eigenvalue weighted by atomic mass is 9.80. The number of carbonyl (C=O) groups is 1. The van der Waals surface area contributed by atoms with E-state index in [-0.39, 0.29) is 11.7 Å². The molecule has 1 aromatic heterocycles. The molecule has 7 rings (SSSR count). The lowest BCUT2D eigenvalue weighted by molar-refractivity contribution is -0.131. The van der Waals surface area contributed by atoms with Gasteiger partial charge in [0.1, 0.15) is 17.2 Å². The molecule has 6 aromatic rings. The van der Waals surface area contributed by atoms with E-state index in [1.165, 1.54) is 48.9 Å². The zero-order valence-corrected chi connectivity index (χ0v) is 35.8. The van der Waals surface area contributed by atoms with Crippen molar-refractivity contribution < 1.29 is 19.4 Å². The number of phenols is 1. The second-order valence-corrected chi connectivity index (χ2v) is 16.8. The van der Waals surface area contributed by atoms with Crippen LogP contribution in [-0.4, -0.2) is 40.1 Å². The topological polar surface area (TPSA) is 71.9 Å². The van der Waals surface area contributed by atoms with Crippen molar-refractivity contribution in [2.24, 2.45) is 0 Å². The summed E-state index contributed by atoms with van der Waals surface area (Å²) < 4.78 is 12.1. The summed E-state index contributed by atoms with van der Waals surface area (Å²) >= 11 is 5.24. The Balaban J connectivity index is 1.29. The van der Waals surface area contributed by atoms with E-state index in [4.69, 9.17) is 21.7 Å². The van der Waals surface area contributed by atoms with Crippen LogP contribution in [0, 0.1) is 5.92 Å². The number of hydrogen-bond acceptors (Lipinski definition) is 7. The maximum Gasteiger partial charge on any atom is 0.308 e. The lowest BCUT2D eigenvalue weighted by Crippen LogP contribution is -2.37. The molecule has 307 valence electrons. The van der Waals surface area contributed by atoms with Gasteiger partial charge in [0, 0.05) is 54.9 Å². The SMILES string of the molecule is CC(=O)Oc1ccc([C](Cc2ccc(O)cc2)Cc2ccc(-c3ccccn3)cc2)c(Cc2ccc(N3CCCCC3C)cc2)c1Cc1ccc(OCCCC(C)=S)cc1. The Bertz CT molecular complexity index is 2330. The average molecular weight is 816 g/mol. The molecular weight excluding hydrogens is 761 g/mol. The summed E-state index contributed by atoms with van der Waals surface area (Å²) in [6, 6.07) is 44.0. The minimum Gasteiger partial charge on any atom is -0.508 e. The van der Waals surface area contributed by atoms with Gasteiger partial charge in [0.2, 0.25) is 0 Å². The number of nitrogens with zero attached hydrogens (tertiary/aromatic N) is 2. The second-order valence-electron chi connectivity index (χ2n) is 16.1. The Kier molecular flexibility index (Phi) is 14.4. The number of hydrogen-bond donors (Lipinski definition) is 1. The Hall–Kier alpha value is -5.79. The first-order chi connectivity index (χ1) is 29.2. The van der Waals surface area contributed by atoms with Crippen LogP contribution in [0.1, 0.15) is 91.8 Å². The molecule has 0 amide bonds. The van der Waals surface area contributed by atoms with Gasteiger partial charge in [-0.15, -0.1) is 0 Å². The lowest BCUT2D eigenvalue weighted by Gasteiger charge is -2.35. The van der Waals surface area contributed by atoms with Gasteiger partial charge < -0.3 is 19.5 Å². The van der Waals surface area contributed by atoms with Crippen LogP contribution < -0.4 is 14.4 Å². The number of benzene rings is 5. The molecule has 1 saturated heterocycles. The van der Waals surface area contributed by atoms with Crippen LogP contribution in [0.5, 0.6) is 17.2 Å². The van der Waals surface area contributed by atoms with Crippen molar-refractivity contribution in [1.29, 1.82) is 0 Å². The number of piperidine rings is 1. The molecule has 7 heteroatoms. The van der Waals surface area contributed by atoms with E-state index >= 15 is 0 Å². The maximum absolute atomic E-state index is 12.7. The fraction of sp³-hybridized carbons (Fsp3) is 0.283. The quantitative estimate of drug-likeness (QED) is 0.0425. The molecule has 1 atom stereocenters. The molecule has 1 aliphatic heterocycles.